The van der Waals surface area contributed by atoms with Gasteiger partial charge in [-0.1, -0.05) is 96.0 Å². The van der Waals surface area contributed by atoms with Crippen molar-refractivity contribution in [2.45, 2.75) is 129 Å². The molecule has 59 heavy (non-hydrogen) atoms. The number of rotatable bonds is 10. The van der Waals surface area contributed by atoms with Crippen LogP contribution in [0.5, 0.6) is 0 Å². The molecule has 12 unspecified atom stereocenters. The zero-order chi connectivity index (χ0) is 44.2. The topological polar surface area (TPSA) is 166 Å². The van der Waals surface area contributed by atoms with Gasteiger partial charge in [-0.25, -0.2) is 9.59 Å². The van der Waals surface area contributed by atoms with E-state index in [4.69, 9.17) is 23.7 Å². The van der Waals surface area contributed by atoms with Gasteiger partial charge in [0.25, 0.3) is 0 Å². The highest BCUT2D eigenvalue weighted by molar-refractivity contribution is 5.89. The van der Waals surface area contributed by atoms with E-state index in [1.807, 2.05) is 53.7 Å². The van der Waals surface area contributed by atoms with Gasteiger partial charge in [0.05, 0.1) is 31.0 Å². The normalized spacial score (nSPS) is 35.4. The molecule has 0 aliphatic carbocycles. The van der Waals surface area contributed by atoms with Crippen LogP contribution in [-0.2, 0) is 34.1 Å². The van der Waals surface area contributed by atoms with Crippen LogP contribution in [0.2, 0.25) is 0 Å². The van der Waals surface area contributed by atoms with Crippen LogP contribution in [0.3, 0.4) is 0 Å². The van der Waals surface area contributed by atoms with Crippen molar-refractivity contribution in [1.82, 2.24) is 0 Å². The molecule has 4 rings (SSSR count). The number of carbonyl (C=O) groups is 2. The number of halogens is 3. The van der Waals surface area contributed by atoms with Gasteiger partial charge in [0, 0.05) is 42.8 Å². The summed E-state index contributed by atoms with van der Waals surface area (Å²) in [5.41, 5.74) is -1.23. The van der Waals surface area contributed by atoms with Crippen molar-refractivity contribution in [2.24, 2.45) is 45.7 Å². The number of alkyl halides is 3. The number of ether oxygens (including phenoxy) is 5. The molecule has 3 aliphatic heterocycles. The maximum absolute atomic E-state index is 13.8. The molecule has 1 aromatic rings. The van der Waals surface area contributed by atoms with Crippen molar-refractivity contribution in [3.63, 3.8) is 0 Å². The predicted molar refractivity (Wildman–Crippen MR) is 212 cm³/mol. The lowest BCUT2D eigenvalue weighted by molar-refractivity contribution is -0.328. The zero-order valence-corrected chi connectivity index (χ0v) is 35.8. The molecule has 15 heteroatoms. The van der Waals surface area contributed by atoms with E-state index in [0.717, 1.165) is 17.7 Å². The third-order valence-electron chi connectivity index (χ3n) is 11.9. The van der Waals surface area contributed by atoms with Crippen molar-refractivity contribution < 1.29 is 61.8 Å². The van der Waals surface area contributed by atoms with Crippen molar-refractivity contribution in [3.05, 3.63) is 82.7 Å². The second-order valence-corrected chi connectivity index (χ2v) is 16.9. The molecule has 3 aliphatic rings. The van der Waals surface area contributed by atoms with Crippen molar-refractivity contribution >= 4 is 11.9 Å². The summed E-state index contributed by atoms with van der Waals surface area (Å²) in [7, 11) is 2.77. The molecule has 3 heterocycles. The summed E-state index contributed by atoms with van der Waals surface area (Å²) >= 11 is 0. The first-order chi connectivity index (χ1) is 27.5. The van der Waals surface area contributed by atoms with Crippen LogP contribution in [-0.4, -0.2) is 90.1 Å². The molecule has 0 radical (unpaired) electrons. The first-order valence-electron chi connectivity index (χ1n) is 20.1. The number of nitrogens with zero attached hydrogens (tertiary/aromatic N) is 2. The molecule has 0 amide bonds. The number of esters is 2. The standard InChI is InChI=1S/C44H61F3N2O10/c1-23(2)38-28(7)35(57-40(52)31-15-17-32(18-16-31)43(48-49-43)44(45,46)47)22-42(54,59-38)30(9)37(51)29(8)39-33(55-10)14-12-13-24(3)19-26(5)36(50)27(6)20-25(4)21-34(56-11)41(53)58-39/h12-18,20-21,23,26-30,33,35-39,50-51,54H,19,22H2,1-11H3/b14-12-,24-13+,25-20+,34-21+/i40+2. The highest BCUT2D eigenvalue weighted by atomic mass is 19.4. The fraction of sp³-hybridized carbons (Fsp3) is 0.636. The van der Waals surface area contributed by atoms with E-state index in [1.165, 1.54) is 32.4 Å². The Morgan fingerprint density at radius 3 is 2.19 bits per heavy atom. The second-order valence-electron chi connectivity index (χ2n) is 16.9. The lowest BCUT2D eigenvalue weighted by atomic mass is 9.76. The third kappa shape index (κ3) is 10.9. The number of hydrogen-bond donors (Lipinski definition) is 3. The number of methoxy groups -OCH3 is 2. The van der Waals surface area contributed by atoms with Gasteiger partial charge in [0.15, 0.2) is 5.79 Å². The van der Waals surface area contributed by atoms with Gasteiger partial charge in [0.2, 0.25) is 5.76 Å². The van der Waals surface area contributed by atoms with E-state index in [0.29, 0.717) is 12.0 Å². The summed E-state index contributed by atoms with van der Waals surface area (Å²) in [5.74, 6) is -6.70. The Kier molecular flexibility index (Phi) is 15.6. The van der Waals surface area contributed by atoms with Gasteiger partial charge in [-0.05, 0) is 50.3 Å². The van der Waals surface area contributed by atoms with E-state index in [1.54, 1.807) is 32.9 Å². The fourth-order valence-corrected chi connectivity index (χ4v) is 8.16. The fourth-order valence-electron chi connectivity index (χ4n) is 8.16. The molecule has 1 saturated heterocycles. The Morgan fingerprint density at radius 2 is 1.64 bits per heavy atom. The van der Waals surface area contributed by atoms with Gasteiger partial charge in [-0.15, -0.1) is 10.2 Å². The third-order valence-corrected chi connectivity index (χ3v) is 11.9. The van der Waals surface area contributed by atoms with Gasteiger partial charge in [-0.2, -0.15) is 13.2 Å². The van der Waals surface area contributed by atoms with Crippen LogP contribution in [0.4, 0.5) is 13.2 Å². The maximum Gasteiger partial charge on any atom is 0.442 e. The summed E-state index contributed by atoms with van der Waals surface area (Å²) < 4.78 is 70.3. The minimum Gasteiger partial charge on any atom is -0.490 e. The maximum atomic E-state index is 13.8. The average Bonchev–Trinajstić information content (AvgIpc) is 4.00. The Labute approximate surface area is 345 Å². The number of aliphatic hydroxyl groups is 3. The van der Waals surface area contributed by atoms with Gasteiger partial charge < -0.3 is 39.0 Å². The Hall–Kier alpha value is -3.89. The Balaban J connectivity index is 1.63. The van der Waals surface area contributed by atoms with E-state index >= 15 is 0 Å². The minimum atomic E-state index is -4.73. The van der Waals surface area contributed by atoms with Crippen LogP contribution >= 0.6 is 0 Å². The molecular weight excluding hydrogens is 775 g/mol. The van der Waals surface area contributed by atoms with E-state index in [9.17, 15) is 38.1 Å². The minimum absolute atomic E-state index is 0.0148. The Morgan fingerprint density at radius 1 is 1.02 bits per heavy atom. The first kappa shape index (κ1) is 47.8. The predicted octanol–water partition coefficient (Wildman–Crippen LogP) is 7.74. The van der Waals surface area contributed by atoms with Crippen LogP contribution in [0, 0.1) is 35.5 Å². The lowest BCUT2D eigenvalue weighted by Gasteiger charge is -2.50. The molecule has 1 aromatic carbocycles. The summed E-state index contributed by atoms with van der Waals surface area (Å²) in [6.07, 6.45) is -1.26. The van der Waals surface area contributed by atoms with Crippen LogP contribution in [0.25, 0.3) is 0 Å². The number of carbonyl (C=O) groups excluding carboxylic acids is 2. The Bertz CT molecular complexity index is 1780. The van der Waals surface area contributed by atoms with Crippen molar-refractivity contribution in [1.29, 1.82) is 0 Å². The number of aliphatic hydroxyl groups excluding tert-OH is 2. The van der Waals surface area contributed by atoms with E-state index in [2.05, 4.69) is 10.2 Å². The highest BCUT2D eigenvalue weighted by Gasteiger charge is 2.65. The van der Waals surface area contributed by atoms with Crippen LogP contribution in [0.15, 0.2) is 81.8 Å². The number of hydrogen-bond acceptors (Lipinski definition) is 12. The monoisotopic (exact) mass is 836 g/mol. The SMILES string of the molecule is CO/C1=C/C(C)=C/C(C)C(O)C(C)C/C(C)=C/C=C\C(OC)C(C(C)C(O)C(C)C2(O)CC(O[14C](=O)c3ccc(C4(C(F)(F)F)N=N4)cc3)C(C)C(C(C)C)O2)OC1=O. The quantitative estimate of drug-likeness (QED) is 0.199. The number of benzene rings is 1. The molecule has 0 bridgehead atoms. The molecule has 1 fully saturated rings. The van der Waals surface area contributed by atoms with E-state index < -0.39 is 83.9 Å². The largest absolute Gasteiger partial charge is 0.490 e. The molecule has 12 nitrogen and oxygen atoms in total. The highest BCUT2D eigenvalue weighted by Crippen LogP contribution is 2.52. The molecule has 0 spiro atoms. The summed E-state index contributed by atoms with van der Waals surface area (Å²) in [5, 5.41) is 41.8. The van der Waals surface area contributed by atoms with Gasteiger partial charge >= 0.3 is 23.8 Å². The number of cyclic esters (lactones) is 1. The van der Waals surface area contributed by atoms with Crippen molar-refractivity contribution in [2.75, 3.05) is 14.2 Å². The summed E-state index contributed by atoms with van der Waals surface area (Å²) in [6.45, 7) is 16.4. The zero-order valence-electron chi connectivity index (χ0n) is 35.8. The first-order valence-corrected chi connectivity index (χ1v) is 20.1. The summed E-state index contributed by atoms with van der Waals surface area (Å²) in [4.78, 5) is 27.2. The van der Waals surface area contributed by atoms with E-state index in [-0.39, 0.29) is 41.1 Å². The smallest absolute Gasteiger partial charge is 0.442 e. The van der Waals surface area contributed by atoms with Crippen LogP contribution < -0.4 is 0 Å². The molecular formula is C44H61F3N2O10. The van der Waals surface area contributed by atoms with Gasteiger partial charge in [-0.3, -0.25) is 0 Å². The van der Waals surface area contributed by atoms with Crippen molar-refractivity contribution in [3.8, 4) is 0 Å². The second kappa shape index (κ2) is 19.2. The summed E-state index contributed by atoms with van der Waals surface area (Å²) in [6, 6.07) is 4.67. The molecule has 328 valence electrons. The molecule has 0 saturated carbocycles. The number of allylic oxidation sites excluding steroid dienone is 5. The molecule has 0 aromatic heterocycles. The van der Waals surface area contributed by atoms with Gasteiger partial charge in [0.1, 0.15) is 18.3 Å². The average molecular weight is 837 g/mol. The molecule has 3 N–H and O–H groups in total. The lowest BCUT2D eigenvalue weighted by Crippen LogP contribution is -2.59. The molecule has 12 atom stereocenters. The van der Waals surface area contributed by atoms with Crippen LogP contribution in [0.1, 0.15) is 91.1 Å².